The average Bonchev–Trinajstić information content (AvgIpc) is 2.88. The molecule has 6 nitrogen and oxygen atoms in total. The molecule has 0 aliphatic carbocycles. The number of carbonyl (C=O) groups is 2. The van der Waals surface area contributed by atoms with Crippen LogP contribution < -0.4 is 20.1 Å². The fraction of sp³-hybridized carbons (Fsp3) is 0.267. The van der Waals surface area contributed by atoms with Gasteiger partial charge >= 0.3 is 0 Å². The lowest BCUT2D eigenvalue weighted by molar-refractivity contribution is -0.119. The summed E-state index contributed by atoms with van der Waals surface area (Å²) in [4.78, 5) is 21.8. The van der Waals surface area contributed by atoms with E-state index in [4.69, 9.17) is 9.47 Å². The fourth-order valence-electron chi connectivity index (χ4n) is 4.12. The smallest absolute Gasteiger partial charge is 0.216 e. The fourth-order valence-corrected chi connectivity index (χ4v) is 4.64. The molecule has 0 saturated carbocycles. The van der Waals surface area contributed by atoms with Crippen molar-refractivity contribution in [2.24, 2.45) is 0 Å². The molecule has 7 heteroatoms. The molecule has 2 N–H and O–H groups in total. The van der Waals surface area contributed by atoms with Crippen molar-refractivity contribution in [3.05, 3.63) is 82.3 Å². The van der Waals surface area contributed by atoms with Crippen molar-refractivity contribution in [1.82, 2.24) is 10.6 Å². The number of hydrogen-bond acceptors (Lipinski definition) is 4. The van der Waals surface area contributed by atoms with Crippen LogP contribution in [-0.4, -0.2) is 39.1 Å². The van der Waals surface area contributed by atoms with Gasteiger partial charge in [0.1, 0.15) is 11.5 Å². The molecule has 0 atom stereocenters. The summed E-state index contributed by atoms with van der Waals surface area (Å²) >= 11 is 3.52. The maximum absolute atomic E-state index is 10.9. The molecule has 4 aromatic carbocycles. The zero-order valence-corrected chi connectivity index (χ0v) is 23.3. The van der Waals surface area contributed by atoms with Gasteiger partial charge in [0.05, 0.1) is 14.2 Å². The van der Waals surface area contributed by atoms with Crippen molar-refractivity contribution in [1.29, 1.82) is 0 Å². The van der Waals surface area contributed by atoms with Crippen LogP contribution in [0.15, 0.2) is 71.2 Å². The molecule has 37 heavy (non-hydrogen) atoms. The summed E-state index contributed by atoms with van der Waals surface area (Å²) in [6.45, 7) is 4.36. The Labute approximate surface area is 226 Å². The van der Waals surface area contributed by atoms with E-state index in [9.17, 15) is 9.59 Å². The zero-order valence-electron chi connectivity index (χ0n) is 21.7. The van der Waals surface area contributed by atoms with Crippen molar-refractivity contribution in [2.45, 2.75) is 26.7 Å². The number of rotatable bonds is 8. The van der Waals surface area contributed by atoms with Crippen LogP contribution in [0, 0.1) is 0 Å². The van der Waals surface area contributed by atoms with E-state index in [-0.39, 0.29) is 11.8 Å². The van der Waals surface area contributed by atoms with Gasteiger partial charge < -0.3 is 20.1 Å². The van der Waals surface area contributed by atoms with E-state index in [2.05, 4.69) is 56.9 Å². The largest absolute Gasteiger partial charge is 0.497 e. The molecule has 4 rings (SSSR count). The number of benzene rings is 4. The van der Waals surface area contributed by atoms with Gasteiger partial charge in [-0.25, -0.2) is 0 Å². The average molecular weight is 566 g/mol. The molecule has 2 amide bonds. The second kappa shape index (κ2) is 13.7. The van der Waals surface area contributed by atoms with Gasteiger partial charge in [-0.1, -0.05) is 46.3 Å². The van der Waals surface area contributed by atoms with Crippen molar-refractivity contribution in [3.8, 4) is 11.5 Å². The van der Waals surface area contributed by atoms with Crippen LogP contribution in [0.5, 0.6) is 11.5 Å². The van der Waals surface area contributed by atoms with E-state index < -0.39 is 0 Å². The number of fused-ring (bicyclic) bond motifs is 2. The van der Waals surface area contributed by atoms with Gasteiger partial charge in [-0.2, -0.15) is 0 Å². The van der Waals surface area contributed by atoms with E-state index in [1.54, 1.807) is 14.2 Å². The standard InChI is InChI=1S/C15H16BrNO2.C15H17NO2/c1-10(18)17-6-5-12-8-13(16)7-11-3-4-14(19-2)9-15(11)12;1-11(17)16-9-8-13-5-3-4-12-6-7-14(18-2)10-15(12)13/h3-4,7-9H,5-6H2,1-2H3,(H,17,18);3-7,10H,8-9H2,1-2H3,(H,16,17). The van der Waals surface area contributed by atoms with Gasteiger partial charge in [0, 0.05) is 31.4 Å². The third kappa shape index (κ3) is 8.22. The summed E-state index contributed by atoms with van der Waals surface area (Å²) in [7, 11) is 3.33. The summed E-state index contributed by atoms with van der Waals surface area (Å²) in [6, 6.07) is 22.4. The van der Waals surface area contributed by atoms with E-state index in [0.717, 1.165) is 39.6 Å². The molecule has 194 valence electrons. The number of methoxy groups -OCH3 is 2. The van der Waals surface area contributed by atoms with Crippen molar-refractivity contribution >= 4 is 49.3 Å². The molecular weight excluding hydrogens is 532 g/mol. The molecule has 4 aromatic rings. The minimum atomic E-state index is -0.00289. The third-order valence-electron chi connectivity index (χ3n) is 5.93. The van der Waals surface area contributed by atoms with Crippen LogP contribution in [0.25, 0.3) is 21.5 Å². The topological polar surface area (TPSA) is 76.7 Å². The summed E-state index contributed by atoms with van der Waals surface area (Å²) in [6.07, 6.45) is 1.62. The van der Waals surface area contributed by atoms with Crippen LogP contribution >= 0.6 is 15.9 Å². The zero-order chi connectivity index (χ0) is 26.8. The highest BCUT2D eigenvalue weighted by molar-refractivity contribution is 9.10. The van der Waals surface area contributed by atoms with Crippen LogP contribution in [-0.2, 0) is 22.4 Å². The number of ether oxygens (including phenoxy) is 2. The van der Waals surface area contributed by atoms with Gasteiger partial charge in [-0.3, -0.25) is 9.59 Å². The van der Waals surface area contributed by atoms with Gasteiger partial charge in [0.15, 0.2) is 0 Å². The lowest BCUT2D eigenvalue weighted by Gasteiger charge is -2.10. The summed E-state index contributed by atoms with van der Waals surface area (Å²) < 4.78 is 11.6. The van der Waals surface area contributed by atoms with Crippen LogP contribution in [0.4, 0.5) is 0 Å². The van der Waals surface area contributed by atoms with E-state index >= 15 is 0 Å². The molecule has 0 spiro atoms. The monoisotopic (exact) mass is 564 g/mol. The molecule has 0 fully saturated rings. The number of amides is 2. The first-order valence-corrected chi connectivity index (χ1v) is 12.9. The molecule has 0 aliphatic heterocycles. The Morgan fingerprint density at radius 1 is 0.703 bits per heavy atom. The summed E-state index contributed by atoms with van der Waals surface area (Å²) in [5, 5.41) is 10.3. The lowest BCUT2D eigenvalue weighted by atomic mass is 10.0. The Morgan fingerprint density at radius 2 is 1.24 bits per heavy atom. The van der Waals surface area contributed by atoms with Crippen molar-refractivity contribution in [3.63, 3.8) is 0 Å². The van der Waals surface area contributed by atoms with Gasteiger partial charge in [-0.15, -0.1) is 0 Å². The summed E-state index contributed by atoms with van der Waals surface area (Å²) in [5.41, 5.74) is 2.41. The maximum Gasteiger partial charge on any atom is 0.216 e. The first-order chi connectivity index (χ1) is 17.8. The van der Waals surface area contributed by atoms with Crippen molar-refractivity contribution < 1.29 is 19.1 Å². The second-order valence-corrected chi connectivity index (χ2v) is 9.54. The Morgan fingerprint density at radius 3 is 1.81 bits per heavy atom. The Hall–Kier alpha value is -3.58. The van der Waals surface area contributed by atoms with Crippen molar-refractivity contribution in [2.75, 3.05) is 27.3 Å². The van der Waals surface area contributed by atoms with Gasteiger partial charge in [0.25, 0.3) is 0 Å². The first-order valence-electron chi connectivity index (χ1n) is 12.1. The second-order valence-electron chi connectivity index (χ2n) is 8.62. The minimum Gasteiger partial charge on any atom is -0.497 e. The quantitative estimate of drug-likeness (QED) is 0.283. The minimum absolute atomic E-state index is 0.00289. The molecule has 0 aromatic heterocycles. The first kappa shape index (κ1) is 28.0. The highest BCUT2D eigenvalue weighted by Crippen LogP contribution is 2.28. The van der Waals surface area contributed by atoms with Crippen LogP contribution in [0.1, 0.15) is 25.0 Å². The number of nitrogens with one attached hydrogen (secondary N) is 2. The Kier molecular flexibility index (Phi) is 10.3. The van der Waals surface area contributed by atoms with E-state index in [1.165, 1.54) is 35.7 Å². The highest BCUT2D eigenvalue weighted by atomic mass is 79.9. The highest BCUT2D eigenvalue weighted by Gasteiger charge is 2.06. The SMILES string of the molecule is COc1ccc2cc(Br)cc(CCNC(C)=O)c2c1.COc1ccc2cccc(CCNC(C)=O)c2c1. The molecule has 0 saturated heterocycles. The maximum atomic E-state index is 10.9. The van der Waals surface area contributed by atoms with E-state index in [1.807, 2.05) is 36.4 Å². The van der Waals surface area contributed by atoms with Crippen LogP contribution in [0.2, 0.25) is 0 Å². The van der Waals surface area contributed by atoms with Crippen LogP contribution in [0.3, 0.4) is 0 Å². The summed E-state index contributed by atoms with van der Waals surface area (Å²) in [5.74, 6) is 1.70. The van der Waals surface area contributed by atoms with Gasteiger partial charge in [-0.05, 0) is 81.9 Å². The van der Waals surface area contributed by atoms with Gasteiger partial charge in [0.2, 0.25) is 11.8 Å². The predicted octanol–water partition coefficient (Wildman–Crippen LogP) is 5.82. The Bertz CT molecular complexity index is 1390. The number of carbonyl (C=O) groups excluding carboxylic acids is 2. The molecule has 0 bridgehead atoms. The molecule has 0 heterocycles. The number of halogens is 1. The number of hydrogen-bond donors (Lipinski definition) is 2. The van der Waals surface area contributed by atoms with E-state index in [0.29, 0.717) is 13.1 Å². The molecule has 0 aliphatic rings. The lowest BCUT2D eigenvalue weighted by Crippen LogP contribution is -2.22. The Balaban J connectivity index is 0.000000206. The molecule has 0 unspecified atom stereocenters. The molecular formula is C30H33BrN2O4. The molecule has 0 radical (unpaired) electrons. The normalized spacial score (nSPS) is 10.4. The predicted molar refractivity (Wildman–Crippen MR) is 153 cm³/mol. The third-order valence-corrected chi connectivity index (χ3v) is 6.39.